The molecule has 0 aliphatic heterocycles. The van der Waals surface area contributed by atoms with E-state index in [0.717, 1.165) is 5.56 Å². The fourth-order valence-corrected chi connectivity index (χ4v) is 2.89. The first-order chi connectivity index (χ1) is 12.0. The molecule has 1 atom stereocenters. The molecule has 6 nitrogen and oxygen atoms in total. The standard InChI is InChI=1S/C17H16ClFN4O2/c1-10(25-2)17-12(8-21-16-6-15(19)22-23(16)17)5-14(24)4-11-3-13(18)9-20-7-11/h3,6-10H,4-5H2,1-2H3/t10-/m0/s1. The van der Waals surface area contributed by atoms with Crippen molar-refractivity contribution in [3.05, 3.63) is 58.5 Å². The Kier molecular flexibility index (Phi) is 5.06. The average Bonchev–Trinajstić information content (AvgIpc) is 2.94. The van der Waals surface area contributed by atoms with E-state index in [-0.39, 0.29) is 24.7 Å². The summed E-state index contributed by atoms with van der Waals surface area (Å²) in [6, 6.07) is 2.94. The molecule has 3 heterocycles. The number of nitrogens with zero attached hydrogens (tertiary/aromatic N) is 4. The minimum absolute atomic E-state index is 0.0394. The summed E-state index contributed by atoms with van der Waals surface area (Å²) >= 11 is 5.89. The van der Waals surface area contributed by atoms with Gasteiger partial charge in [-0.3, -0.25) is 9.78 Å². The van der Waals surface area contributed by atoms with E-state index in [9.17, 15) is 9.18 Å². The quantitative estimate of drug-likeness (QED) is 0.674. The van der Waals surface area contributed by atoms with E-state index in [0.29, 0.717) is 21.9 Å². The second kappa shape index (κ2) is 7.25. The summed E-state index contributed by atoms with van der Waals surface area (Å²) in [7, 11) is 1.54. The third kappa shape index (κ3) is 3.83. The predicted octanol–water partition coefficient (Wildman–Crippen LogP) is 2.98. The van der Waals surface area contributed by atoms with E-state index >= 15 is 0 Å². The Morgan fingerprint density at radius 2 is 2.12 bits per heavy atom. The van der Waals surface area contributed by atoms with Gasteiger partial charge in [0.15, 0.2) is 5.65 Å². The molecule has 3 aromatic rings. The number of carbonyl (C=O) groups excluding carboxylic acids is 1. The lowest BCUT2D eigenvalue weighted by Gasteiger charge is -2.16. The summed E-state index contributed by atoms with van der Waals surface area (Å²) in [5, 5.41) is 4.30. The molecular weight excluding hydrogens is 347 g/mol. The van der Waals surface area contributed by atoms with Gasteiger partial charge < -0.3 is 4.74 Å². The molecule has 3 rings (SSSR count). The number of hydrogen-bond donors (Lipinski definition) is 0. The number of Topliss-reactive ketones (excluding diaryl/α,β-unsaturated/α-hetero) is 1. The van der Waals surface area contributed by atoms with Crippen molar-refractivity contribution in [1.82, 2.24) is 19.6 Å². The van der Waals surface area contributed by atoms with Gasteiger partial charge in [0.05, 0.1) is 16.8 Å². The van der Waals surface area contributed by atoms with E-state index in [1.807, 2.05) is 6.92 Å². The molecule has 0 bridgehead atoms. The van der Waals surface area contributed by atoms with Crippen LogP contribution in [0.3, 0.4) is 0 Å². The molecule has 130 valence electrons. The van der Waals surface area contributed by atoms with Gasteiger partial charge >= 0.3 is 0 Å². The maximum Gasteiger partial charge on any atom is 0.235 e. The minimum Gasteiger partial charge on any atom is -0.375 e. The maximum atomic E-state index is 13.5. The Balaban J connectivity index is 1.91. The zero-order chi connectivity index (χ0) is 18.0. The van der Waals surface area contributed by atoms with Crippen LogP contribution in [0.4, 0.5) is 4.39 Å². The molecule has 0 N–H and O–H groups in total. The lowest BCUT2D eigenvalue weighted by molar-refractivity contribution is -0.117. The van der Waals surface area contributed by atoms with Crippen molar-refractivity contribution in [2.45, 2.75) is 25.9 Å². The van der Waals surface area contributed by atoms with Crippen molar-refractivity contribution in [2.24, 2.45) is 0 Å². The number of pyridine rings is 1. The lowest BCUT2D eigenvalue weighted by atomic mass is 10.0. The Morgan fingerprint density at radius 1 is 1.32 bits per heavy atom. The van der Waals surface area contributed by atoms with Crippen LogP contribution >= 0.6 is 11.6 Å². The summed E-state index contributed by atoms with van der Waals surface area (Å²) in [5.41, 5.74) is 2.35. The molecular formula is C17H16ClFN4O2. The average molecular weight is 363 g/mol. The van der Waals surface area contributed by atoms with E-state index in [1.54, 1.807) is 25.6 Å². The molecule has 0 fully saturated rings. The second-order valence-corrected chi connectivity index (χ2v) is 6.12. The molecule has 0 spiro atoms. The highest BCUT2D eigenvalue weighted by Crippen LogP contribution is 2.22. The highest BCUT2D eigenvalue weighted by Gasteiger charge is 2.19. The summed E-state index contributed by atoms with van der Waals surface area (Å²) in [5.74, 6) is -0.673. The van der Waals surface area contributed by atoms with E-state index in [4.69, 9.17) is 16.3 Å². The molecule has 3 aromatic heterocycles. The summed E-state index contributed by atoms with van der Waals surface area (Å²) in [6.45, 7) is 1.81. The first kappa shape index (κ1) is 17.4. The molecule has 0 aromatic carbocycles. The van der Waals surface area contributed by atoms with Crippen molar-refractivity contribution in [1.29, 1.82) is 0 Å². The molecule has 25 heavy (non-hydrogen) atoms. The molecule has 0 aliphatic carbocycles. The van der Waals surface area contributed by atoms with Crippen LogP contribution in [0.25, 0.3) is 5.65 Å². The van der Waals surface area contributed by atoms with Crippen molar-refractivity contribution in [2.75, 3.05) is 7.11 Å². The third-order valence-electron chi connectivity index (χ3n) is 3.86. The summed E-state index contributed by atoms with van der Waals surface area (Å²) in [6.07, 6.45) is 4.63. The first-order valence-corrected chi connectivity index (χ1v) is 8.02. The number of carbonyl (C=O) groups is 1. The van der Waals surface area contributed by atoms with Crippen LogP contribution in [0.2, 0.25) is 5.02 Å². The van der Waals surface area contributed by atoms with Crippen LogP contribution < -0.4 is 0 Å². The number of ketones is 1. The van der Waals surface area contributed by atoms with Crippen LogP contribution in [-0.2, 0) is 22.4 Å². The molecule has 0 amide bonds. The van der Waals surface area contributed by atoms with Crippen LogP contribution in [0.1, 0.15) is 29.8 Å². The van der Waals surface area contributed by atoms with Crippen molar-refractivity contribution >= 4 is 23.0 Å². The molecule has 8 heteroatoms. The zero-order valence-corrected chi connectivity index (χ0v) is 14.5. The summed E-state index contributed by atoms with van der Waals surface area (Å²) in [4.78, 5) is 20.6. The molecule has 0 unspecified atom stereocenters. The van der Waals surface area contributed by atoms with Gasteiger partial charge in [-0.05, 0) is 18.6 Å². The number of hydrogen-bond acceptors (Lipinski definition) is 5. The second-order valence-electron chi connectivity index (χ2n) is 5.69. The minimum atomic E-state index is -0.634. The first-order valence-electron chi connectivity index (χ1n) is 7.65. The number of fused-ring (bicyclic) bond motifs is 1. The van der Waals surface area contributed by atoms with Crippen LogP contribution in [-0.4, -0.2) is 32.5 Å². The fourth-order valence-electron chi connectivity index (χ4n) is 2.69. The van der Waals surface area contributed by atoms with Crippen molar-refractivity contribution in [3.63, 3.8) is 0 Å². The predicted molar refractivity (Wildman–Crippen MR) is 90.0 cm³/mol. The van der Waals surface area contributed by atoms with Crippen molar-refractivity contribution < 1.29 is 13.9 Å². The van der Waals surface area contributed by atoms with Gasteiger partial charge in [0, 0.05) is 50.2 Å². The Bertz CT molecular complexity index is 928. The number of aromatic nitrogens is 4. The van der Waals surface area contributed by atoms with Crippen LogP contribution in [0, 0.1) is 5.95 Å². The smallest absolute Gasteiger partial charge is 0.235 e. The molecule has 0 radical (unpaired) electrons. The van der Waals surface area contributed by atoms with Crippen LogP contribution in [0.15, 0.2) is 30.7 Å². The van der Waals surface area contributed by atoms with Gasteiger partial charge in [-0.25, -0.2) is 9.50 Å². The molecule has 0 saturated heterocycles. The Morgan fingerprint density at radius 3 is 2.84 bits per heavy atom. The molecule has 0 saturated carbocycles. The van der Waals surface area contributed by atoms with Gasteiger partial charge in [0.1, 0.15) is 5.78 Å². The number of halogens is 2. The van der Waals surface area contributed by atoms with Crippen molar-refractivity contribution in [3.8, 4) is 0 Å². The topological polar surface area (TPSA) is 69.4 Å². The lowest BCUT2D eigenvalue weighted by Crippen LogP contribution is -2.15. The number of ether oxygens (including phenoxy) is 1. The SMILES string of the molecule is CO[C@@H](C)c1c(CC(=O)Cc2cncc(Cl)c2)cnc2cc(F)nn12. The molecule has 0 aliphatic rings. The Hall–Kier alpha value is -2.38. The van der Waals surface area contributed by atoms with E-state index in [2.05, 4.69) is 15.1 Å². The summed E-state index contributed by atoms with van der Waals surface area (Å²) < 4.78 is 20.2. The monoisotopic (exact) mass is 362 g/mol. The normalized spacial score (nSPS) is 12.5. The van der Waals surface area contributed by atoms with Gasteiger partial charge in [-0.2, -0.15) is 4.39 Å². The number of methoxy groups -OCH3 is 1. The Labute approximate surface area is 148 Å². The number of rotatable bonds is 6. The fraction of sp³-hybridized carbons (Fsp3) is 0.294. The van der Waals surface area contributed by atoms with Crippen LogP contribution in [0.5, 0.6) is 0 Å². The highest BCUT2D eigenvalue weighted by molar-refractivity contribution is 6.30. The van der Waals surface area contributed by atoms with E-state index in [1.165, 1.54) is 16.8 Å². The zero-order valence-electron chi connectivity index (χ0n) is 13.7. The van der Waals surface area contributed by atoms with Gasteiger partial charge in [0.2, 0.25) is 5.95 Å². The van der Waals surface area contributed by atoms with Gasteiger partial charge in [0.25, 0.3) is 0 Å². The highest BCUT2D eigenvalue weighted by atomic mass is 35.5. The van der Waals surface area contributed by atoms with Gasteiger partial charge in [-0.1, -0.05) is 11.6 Å². The van der Waals surface area contributed by atoms with E-state index < -0.39 is 5.95 Å². The van der Waals surface area contributed by atoms with Gasteiger partial charge in [-0.15, -0.1) is 5.10 Å². The maximum absolute atomic E-state index is 13.5. The largest absolute Gasteiger partial charge is 0.375 e. The third-order valence-corrected chi connectivity index (χ3v) is 4.07.